The van der Waals surface area contributed by atoms with Crippen molar-refractivity contribution in [3.8, 4) is 0 Å². The number of β-amino-alcohol motifs (C(OH)–C–C–N with tert-alkyl or cyclic N) is 1. The standard InChI is InChI=1S/C16H26N2O2S/c1-12(2)15(13-6-4-9-21-13)17-14(19)10-18-8-5-7-16(3,20)11-18/h4,6,9,12,15,20H,5,7-8,10-11H2,1-3H3,(H,17,19). The fourth-order valence-electron chi connectivity index (χ4n) is 2.92. The lowest BCUT2D eigenvalue weighted by atomic mass is 9.95. The maximum Gasteiger partial charge on any atom is 0.234 e. The Labute approximate surface area is 131 Å². The zero-order valence-electron chi connectivity index (χ0n) is 13.1. The predicted molar refractivity (Wildman–Crippen MR) is 86.3 cm³/mol. The second-order valence-electron chi connectivity index (χ2n) is 6.62. The lowest BCUT2D eigenvalue weighted by molar-refractivity contribution is -0.124. The number of carbonyl (C=O) groups excluding carboxylic acids is 1. The summed E-state index contributed by atoms with van der Waals surface area (Å²) in [5.41, 5.74) is -0.663. The summed E-state index contributed by atoms with van der Waals surface area (Å²) in [7, 11) is 0. The summed E-state index contributed by atoms with van der Waals surface area (Å²) in [4.78, 5) is 15.5. The Hall–Kier alpha value is -0.910. The summed E-state index contributed by atoms with van der Waals surface area (Å²) in [6.07, 6.45) is 1.76. The molecule has 1 aromatic heterocycles. The van der Waals surface area contributed by atoms with Gasteiger partial charge in [-0.3, -0.25) is 9.69 Å². The maximum absolute atomic E-state index is 12.3. The van der Waals surface area contributed by atoms with E-state index in [0.29, 0.717) is 19.0 Å². The van der Waals surface area contributed by atoms with E-state index in [-0.39, 0.29) is 11.9 Å². The quantitative estimate of drug-likeness (QED) is 0.878. The first-order valence-corrected chi connectivity index (χ1v) is 8.53. The average Bonchev–Trinajstić information content (AvgIpc) is 2.87. The Morgan fingerprint density at radius 3 is 2.90 bits per heavy atom. The van der Waals surface area contributed by atoms with Crippen molar-refractivity contribution in [3.63, 3.8) is 0 Å². The number of rotatable bonds is 5. The maximum atomic E-state index is 12.3. The number of piperidine rings is 1. The molecule has 1 fully saturated rings. The van der Waals surface area contributed by atoms with E-state index in [1.54, 1.807) is 11.3 Å². The summed E-state index contributed by atoms with van der Waals surface area (Å²) in [6, 6.07) is 4.16. The molecular weight excluding hydrogens is 284 g/mol. The molecule has 2 rings (SSSR count). The molecule has 0 radical (unpaired) electrons. The van der Waals surface area contributed by atoms with Crippen LogP contribution in [0.1, 0.15) is 44.5 Å². The molecule has 2 unspecified atom stereocenters. The number of thiophene rings is 1. The fourth-order valence-corrected chi connectivity index (χ4v) is 3.86. The van der Waals surface area contributed by atoms with Gasteiger partial charge in [-0.25, -0.2) is 0 Å². The van der Waals surface area contributed by atoms with Gasteiger partial charge in [-0.2, -0.15) is 0 Å². The second kappa shape index (κ2) is 6.90. The highest BCUT2D eigenvalue weighted by molar-refractivity contribution is 7.10. The first-order chi connectivity index (χ1) is 9.87. The predicted octanol–water partition coefficient (Wildman–Crippen LogP) is 2.41. The Balaban J connectivity index is 1.91. The van der Waals surface area contributed by atoms with Gasteiger partial charge in [-0.15, -0.1) is 11.3 Å². The molecule has 1 aromatic rings. The van der Waals surface area contributed by atoms with Crippen LogP contribution in [0.4, 0.5) is 0 Å². The SMILES string of the molecule is CC(C)C(NC(=O)CN1CCCC(C)(O)C1)c1cccs1. The molecule has 5 heteroatoms. The van der Waals surface area contributed by atoms with Gasteiger partial charge in [-0.1, -0.05) is 19.9 Å². The van der Waals surface area contributed by atoms with Gasteiger partial charge in [0.05, 0.1) is 18.2 Å². The minimum absolute atomic E-state index is 0.0415. The van der Waals surface area contributed by atoms with Crippen molar-refractivity contribution in [2.24, 2.45) is 5.92 Å². The molecule has 2 atom stereocenters. The molecule has 1 aliphatic heterocycles. The fraction of sp³-hybridized carbons (Fsp3) is 0.688. The van der Waals surface area contributed by atoms with Crippen LogP contribution in [0.2, 0.25) is 0 Å². The van der Waals surface area contributed by atoms with Gasteiger partial charge in [0.1, 0.15) is 0 Å². The molecule has 0 bridgehead atoms. The van der Waals surface area contributed by atoms with E-state index < -0.39 is 5.60 Å². The van der Waals surface area contributed by atoms with E-state index >= 15 is 0 Å². The summed E-state index contributed by atoms with van der Waals surface area (Å²) >= 11 is 1.68. The molecule has 0 aromatic carbocycles. The van der Waals surface area contributed by atoms with Crippen molar-refractivity contribution in [2.75, 3.05) is 19.6 Å². The van der Waals surface area contributed by atoms with E-state index in [4.69, 9.17) is 0 Å². The van der Waals surface area contributed by atoms with Crippen LogP contribution in [0.3, 0.4) is 0 Å². The third-order valence-electron chi connectivity index (χ3n) is 3.95. The Morgan fingerprint density at radius 2 is 2.33 bits per heavy atom. The number of likely N-dealkylation sites (tertiary alicyclic amines) is 1. The topological polar surface area (TPSA) is 52.6 Å². The first kappa shape index (κ1) is 16.5. The number of nitrogens with one attached hydrogen (secondary N) is 1. The van der Waals surface area contributed by atoms with Gasteiger partial charge >= 0.3 is 0 Å². The Bertz CT molecular complexity index is 457. The summed E-state index contributed by atoms with van der Waals surface area (Å²) in [5, 5.41) is 15.3. The molecule has 118 valence electrons. The summed E-state index contributed by atoms with van der Waals surface area (Å²) in [6.45, 7) is 7.91. The lowest BCUT2D eigenvalue weighted by Crippen LogP contribution is -2.49. The summed E-state index contributed by atoms with van der Waals surface area (Å²) in [5.74, 6) is 0.400. The molecule has 4 nitrogen and oxygen atoms in total. The molecule has 1 aliphatic rings. The summed E-state index contributed by atoms with van der Waals surface area (Å²) < 4.78 is 0. The number of carbonyl (C=O) groups is 1. The van der Waals surface area contributed by atoms with Gasteiger partial charge < -0.3 is 10.4 Å². The van der Waals surface area contributed by atoms with Crippen LogP contribution in [-0.2, 0) is 4.79 Å². The average molecular weight is 310 g/mol. The van der Waals surface area contributed by atoms with Crippen LogP contribution in [0.25, 0.3) is 0 Å². The zero-order valence-corrected chi connectivity index (χ0v) is 13.9. The van der Waals surface area contributed by atoms with Crippen molar-refractivity contribution in [2.45, 2.75) is 45.3 Å². The van der Waals surface area contributed by atoms with E-state index in [2.05, 4.69) is 25.2 Å². The molecule has 21 heavy (non-hydrogen) atoms. The number of nitrogens with zero attached hydrogens (tertiary/aromatic N) is 1. The molecule has 0 saturated carbocycles. The minimum Gasteiger partial charge on any atom is -0.389 e. The third kappa shape index (κ3) is 4.80. The monoisotopic (exact) mass is 310 g/mol. The van der Waals surface area contributed by atoms with Crippen molar-refractivity contribution in [3.05, 3.63) is 22.4 Å². The van der Waals surface area contributed by atoms with Crippen LogP contribution >= 0.6 is 11.3 Å². The third-order valence-corrected chi connectivity index (χ3v) is 4.91. The lowest BCUT2D eigenvalue weighted by Gasteiger charge is -2.36. The highest BCUT2D eigenvalue weighted by atomic mass is 32.1. The van der Waals surface area contributed by atoms with E-state index in [0.717, 1.165) is 19.4 Å². The van der Waals surface area contributed by atoms with Gasteiger partial charge in [0.25, 0.3) is 0 Å². The van der Waals surface area contributed by atoms with E-state index in [1.165, 1.54) is 4.88 Å². The van der Waals surface area contributed by atoms with Crippen LogP contribution in [0.15, 0.2) is 17.5 Å². The van der Waals surface area contributed by atoms with Crippen molar-refractivity contribution >= 4 is 17.2 Å². The van der Waals surface area contributed by atoms with Crippen LogP contribution in [-0.4, -0.2) is 41.1 Å². The minimum atomic E-state index is -0.663. The van der Waals surface area contributed by atoms with Crippen LogP contribution in [0.5, 0.6) is 0 Å². The highest BCUT2D eigenvalue weighted by Crippen LogP contribution is 2.26. The van der Waals surface area contributed by atoms with Crippen molar-refractivity contribution in [1.82, 2.24) is 10.2 Å². The smallest absolute Gasteiger partial charge is 0.234 e. The van der Waals surface area contributed by atoms with E-state index in [9.17, 15) is 9.90 Å². The second-order valence-corrected chi connectivity index (χ2v) is 7.60. The van der Waals surface area contributed by atoms with Crippen LogP contribution < -0.4 is 5.32 Å². The van der Waals surface area contributed by atoms with Crippen molar-refractivity contribution in [1.29, 1.82) is 0 Å². The normalized spacial score (nSPS) is 25.0. The van der Waals surface area contributed by atoms with Gasteiger partial charge in [-0.05, 0) is 43.7 Å². The van der Waals surface area contributed by atoms with Crippen molar-refractivity contribution < 1.29 is 9.90 Å². The highest BCUT2D eigenvalue weighted by Gasteiger charge is 2.29. The molecule has 0 spiro atoms. The number of hydrogen-bond donors (Lipinski definition) is 2. The van der Waals surface area contributed by atoms with E-state index in [1.807, 2.05) is 23.3 Å². The Morgan fingerprint density at radius 1 is 1.57 bits per heavy atom. The molecule has 1 amide bonds. The number of amides is 1. The zero-order chi connectivity index (χ0) is 15.5. The molecule has 2 heterocycles. The molecular formula is C16H26N2O2S. The first-order valence-electron chi connectivity index (χ1n) is 7.65. The van der Waals surface area contributed by atoms with Gasteiger partial charge in [0, 0.05) is 11.4 Å². The van der Waals surface area contributed by atoms with Crippen LogP contribution in [0, 0.1) is 5.92 Å². The van der Waals surface area contributed by atoms with Gasteiger partial charge in [0.15, 0.2) is 0 Å². The number of hydrogen-bond acceptors (Lipinski definition) is 4. The molecule has 2 N–H and O–H groups in total. The Kier molecular flexibility index (Phi) is 5.41. The number of aliphatic hydroxyl groups is 1. The molecule has 0 aliphatic carbocycles. The largest absolute Gasteiger partial charge is 0.389 e. The van der Waals surface area contributed by atoms with Gasteiger partial charge in [0.2, 0.25) is 5.91 Å². The molecule has 1 saturated heterocycles.